The molecule has 0 rings (SSSR count). The van der Waals surface area contributed by atoms with Gasteiger partial charge in [-0.15, -0.1) is 0 Å². The summed E-state index contributed by atoms with van der Waals surface area (Å²) in [6, 6.07) is 0. The Bertz CT molecular complexity index is 269. The maximum atomic E-state index is 9.55. The zero-order valence-electron chi connectivity index (χ0n) is 14.2. The van der Waals surface area contributed by atoms with Crippen LogP contribution in [0.5, 0.6) is 0 Å². The van der Waals surface area contributed by atoms with E-state index < -0.39 is 11.9 Å². The number of carboxylic acid groups (broad SMARTS) is 2. The Hall–Kier alpha value is -1.40. The van der Waals surface area contributed by atoms with E-state index in [1.807, 2.05) is 0 Å². The normalized spacial score (nSPS) is 11.0. The van der Waals surface area contributed by atoms with Crippen LogP contribution in [0.25, 0.3) is 0 Å². The lowest BCUT2D eigenvalue weighted by Crippen LogP contribution is -2.33. The first-order valence-corrected chi connectivity index (χ1v) is 6.50. The van der Waals surface area contributed by atoms with Gasteiger partial charge in [-0.25, -0.2) is 9.59 Å². The molecule has 0 aromatic carbocycles. The summed E-state index contributed by atoms with van der Waals surface area (Å²) in [5, 5.41) is 15.6. The minimum atomic E-state index is -1.26. The van der Waals surface area contributed by atoms with Crippen LogP contribution in [-0.2, 0) is 9.59 Å². The van der Waals surface area contributed by atoms with Gasteiger partial charge in [-0.1, -0.05) is 0 Å². The number of hydrogen-bond donors (Lipinski definition) is 2. The largest absolute Gasteiger partial charge is 0.478 e. The van der Waals surface area contributed by atoms with Crippen LogP contribution >= 0.6 is 0 Å². The number of rotatable bonds is 4. The monoisotopic (exact) mass is 292 g/mol. The Morgan fingerprint density at radius 3 is 0.950 bits per heavy atom. The maximum Gasteiger partial charge on any atom is 0.328 e. The molecule has 0 saturated carbocycles. The molecule has 0 aromatic heterocycles. The zero-order chi connectivity index (χ0) is 17.0. The highest BCUT2D eigenvalue weighted by molar-refractivity contribution is 5.89. The van der Waals surface area contributed by atoms with Crippen LogP contribution in [0.15, 0.2) is 12.2 Å². The summed E-state index contributed by atoms with van der Waals surface area (Å²) in [5.74, 6) is -2.51. The Kier molecular flexibility index (Phi) is 13.5. The van der Waals surface area contributed by atoms with Gasteiger partial charge in [0.1, 0.15) is 0 Å². The lowest BCUT2D eigenvalue weighted by molar-refractivity contribution is -0.868. The fourth-order valence-electron chi connectivity index (χ4n) is 0.143. The average Bonchev–Trinajstić information content (AvgIpc) is 2.26. The van der Waals surface area contributed by atoms with Crippen LogP contribution in [0.4, 0.5) is 0 Å². The second-order valence-electron chi connectivity index (χ2n) is 6.22. The standard InChI is InChI=1S/2C5H14N.C4H4O4/c2*1-5-6(2,3)4;5-3(6)1-2-4(7)8/h2*5H2,1-4H3;1-2H,(H,5,6)(H,7,8)/q2*+1;/b;;2-1-. The van der Waals surface area contributed by atoms with Crippen molar-refractivity contribution in [3.05, 3.63) is 12.2 Å². The van der Waals surface area contributed by atoms with Crippen molar-refractivity contribution in [2.45, 2.75) is 13.8 Å². The van der Waals surface area contributed by atoms with E-state index in [-0.39, 0.29) is 0 Å². The molecule has 0 spiro atoms. The number of nitrogens with zero attached hydrogens (tertiary/aromatic N) is 2. The average molecular weight is 292 g/mol. The highest BCUT2D eigenvalue weighted by Crippen LogP contribution is 1.84. The predicted octanol–water partition coefficient (Wildman–Crippen LogP) is 1.14. The van der Waals surface area contributed by atoms with Crippen LogP contribution in [0, 0.1) is 0 Å². The first kappa shape index (κ1) is 23.7. The third kappa shape index (κ3) is 43.8. The van der Waals surface area contributed by atoms with Crippen LogP contribution in [0.1, 0.15) is 13.8 Å². The molecule has 120 valence electrons. The molecule has 0 unspecified atom stereocenters. The Balaban J connectivity index is -0.000000221. The number of hydrogen-bond acceptors (Lipinski definition) is 2. The second-order valence-corrected chi connectivity index (χ2v) is 6.22. The second kappa shape index (κ2) is 11.4. The van der Waals surface area contributed by atoms with Gasteiger partial charge >= 0.3 is 11.9 Å². The molecule has 0 fully saturated rings. The summed E-state index contributed by atoms with van der Waals surface area (Å²) >= 11 is 0. The van der Waals surface area contributed by atoms with Crippen molar-refractivity contribution in [3.8, 4) is 0 Å². The first-order chi connectivity index (χ1) is 8.75. The van der Waals surface area contributed by atoms with Gasteiger partial charge in [0, 0.05) is 12.2 Å². The highest BCUT2D eigenvalue weighted by Gasteiger charge is 1.98. The molecule has 0 saturated heterocycles. The quantitative estimate of drug-likeness (QED) is 0.602. The molecule has 0 radical (unpaired) electrons. The Morgan fingerprint density at radius 1 is 0.750 bits per heavy atom. The van der Waals surface area contributed by atoms with Gasteiger partial charge in [0.2, 0.25) is 0 Å². The lowest BCUT2D eigenvalue weighted by Gasteiger charge is -2.20. The molecule has 20 heavy (non-hydrogen) atoms. The van der Waals surface area contributed by atoms with Gasteiger partial charge in [0.25, 0.3) is 0 Å². The van der Waals surface area contributed by atoms with Gasteiger partial charge in [0.15, 0.2) is 0 Å². The van der Waals surface area contributed by atoms with Crippen molar-refractivity contribution in [1.82, 2.24) is 0 Å². The molecule has 2 N–H and O–H groups in total. The number of carboxylic acids is 2. The van der Waals surface area contributed by atoms with Crippen molar-refractivity contribution < 1.29 is 28.8 Å². The predicted molar refractivity (Wildman–Crippen MR) is 81.6 cm³/mol. The molecule has 0 aliphatic rings. The van der Waals surface area contributed by atoms with Crippen molar-refractivity contribution in [3.63, 3.8) is 0 Å². The van der Waals surface area contributed by atoms with Gasteiger partial charge in [-0.05, 0) is 13.8 Å². The van der Waals surface area contributed by atoms with Crippen molar-refractivity contribution >= 4 is 11.9 Å². The topological polar surface area (TPSA) is 74.6 Å². The number of quaternary nitrogens is 2. The van der Waals surface area contributed by atoms with Crippen molar-refractivity contribution in [2.24, 2.45) is 0 Å². The molecular weight excluding hydrogens is 260 g/mol. The molecule has 0 aromatic rings. The molecule has 0 aliphatic heterocycles. The number of aliphatic carboxylic acids is 2. The zero-order valence-corrected chi connectivity index (χ0v) is 14.2. The van der Waals surface area contributed by atoms with Crippen molar-refractivity contribution in [1.29, 1.82) is 0 Å². The summed E-state index contributed by atoms with van der Waals surface area (Å²) in [6.45, 7) is 6.78. The molecule has 0 heterocycles. The summed E-state index contributed by atoms with van der Waals surface area (Å²) in [4.78, 5) is 19.1. The smallest absolute Gasteiger partial charge is 0.328 e. The van der Waals surface area contributed by atoms with E-state index in [1.54, 1.807) is 0 Å². The molecule has 0 bridgehead atoms. The van der Waals surface area contributed by atoms with E-state index in [0.717, 1.165) is 8.97 Å². The fraction of sp³-hybridized carbons (Fsp3) is 0.714. The summed E-state index contributed by atoms with van der Waals surface area (Å²) < 4.78 is 2.14. The van der Waals surface area contributed by atoms with Gasteiger partial charge < -0.3 is 19.2 Å². The van der Waals surface area contributed by atoms with Gasteiger partial charge in [-0.3, -0.25) is 0 Å². The third-order valence-corrected chi connectivity index (χ3v) is 2.27. The maximum absolute atomic E-state index is 9.55. The van der Waals surface area contributed by atoms with E-state index in [0.29, 0.717) is 12.2 Å². The number of carbonyl (C=O) groups is 2. The molecule has 6 heteroatoms. The Morgan fingerprint density at radius 2 is 0.900 bits per heavy atom. The van der Waals surface area contributed by atoms with Gasteiger partial charge in [-0.2, -0.15) is 0 Å². The van der Waals surface area contributed by atoms with E-state index >= 15 is 0 Å². The van der Waals surface area contributed by atoms with Crippen LogP contribution < -0.4 is 0 Å². The van der Waals surface area contributed by atoms with E-state index in [2.05, 4.69) is 56.1 Å². The van der Waals surface area contributed by atoms with Gasteiger partial charge in [0.05, 0.1) is 55.4 Å². The molecule has 0 aliphatic carbocycles. The minimum absolute atomic E-state index is 0.558. The lowest BCUT2D eigenvalue weighted by atomic mass is 10.5. The summed E-state index contributed by atoms with van der Waals surface area (Å²) in [5.41, 5.74) is 0. The highest BCUT2D eigenvalue weighted by atomic mass is 16.4. The summed E-state index contributed by atoms with van der Waals surface area (Å²) in [7, 11) is 13.1. The van der Waals surface area contributed by atoms with Crippen LogP contribution in [0.2, 0.25) is 0 Å². The molecule has 6 nitrogen and oxygen atoms in total. The fourth-order valence-corrected chi connectivity index (χ4v) is 0.143. The first-order valence-electron chi connectivity index (χ1n) is 6.50. The van der Waals surface area contributed by atoms with E-state index in [9.17, 15) is 9.59 Å². The molecule has 0 amide bonds. The van der Waals surface area contributed by atoms with Crippen molar-refractivity contribution in [2.75, 3.05) is 55.4 Å². The van der Waals surface area contributed by atoms with Crippen LogP contribution in [0.3, 0.4) is 0 Å². The molecular formula is C14H32N2O4+2. The summed E-state index contributed by atoms with van der Waals surface area (Å²) in [6.07, 6.45) is 1.12. The SMILES string of the molecule is CC[N+](C)(C)C.CC[N+](C)(C)C.O=C(O)/C=C\C(=O)O. The Labute approximate surface area is 123 Å². The molecule has 0 atom stereocenters. The third-order valence-electron chi connectivity index (χ3n) is 2.27. The minimum Gasteiger partial charge on any atom is -0.478 e. The van der Waals surface area contributed by atoms with Crippen LogP contribution in [-0.4, -0.2) is 86.5 Å². The van der Waals surface area contributed by atoms with E-state index in [4.69, 9.17) is 10.2 Å². The van der Waals surface area contributed by atoms with E-state index in [1.165, 1.54) is 13.1 Å².